The third-order valence-electron chi connectivity index (χ3n) is 4.54. The summed E-state index contributed by atoms with van der Waals surface area (Å²) in [6.07, 6.45) is 6.89. The van der Waals surface area contributed by atoms with Gasteiger partial charge in [0.15, 0.2) is 0 Å². The van der Waals surface area contributed by atoms with E-state index in [-0.39, 0.29) is 5.91 Å². The van der Waals surface area contributed by atoms with Gasteiger partial charge in [0.05, 0.1) is 0 Å². The van der Waals surface area contributed by atoms with Crippen LogP contribution in [0.5, 0.6) is 0 Å². The molecule has 1 amide bonds. The number of carbonyl (C=O) groups excluding carboxylic acids is 1. The van der Waals surface area contributed by atoms with Gasteiger partial charge in [-0.15, -0.1) is 0 Å². The van der Waals surface area contributed by atoms with Crippen molar-refractivity contribution in [3.8, 4) is 0 Å². The first-order valence-electron chi connectivity index (χ1n) is 7.10. The molecule has 3 unspecified atom stereocenters. The Balaban J connectivity index is 1.57. The predicted molar refractivity (Wildman–Crippen MR) is 66.8 cm³/mol. The van der Waals surface area contributed by atoms with Crippen LogP contribution in [-0.4, -0.2) is 48.6 Å². The highest BCUT2D eigenvalue weighted by molar-refractivity contribution is 5.76. The molecule has 2 N–H and O–H groups in total. The van der Waals surface area contributed by atoms with Crippen LogP contribution in [0.15, 0.2) is 0 Å². The second-order valence-electron chi connectivity index (χ2n) is 5.70. The molecule has 3 fully saturated rings. The maximum atomic E-state index is 11.5. The summed E-state index contributed by atoms with van der Waals surface area (Å²) in [5.41, 5.74) is 0. The fraction of sp³-hybridized carbons (Fsp3) is 0.923. The summed E-state index contributed by atoms with van der Waals surface area (Å²) in [6, 6.07) is 1.79. The zero-order valence-electron chi connectivity index (χ0n) is 10.5. The Morgan fingerprint density at radius 2 is 2.12 bits per heavy atom. The van der Waals surface area contributed by atoms with Crippen molar-refractivity contribution in [2.45, 2.75) is 56.7 Å². The van der Waals surface area contributed by atoms with Crippen LogP contribution in [-0.2, 0) is 4.79 Å². The number of nitrogens with one attached hydrogen (secondary N) is 2. The van der Waals surface area contributed by atoms with E-state index in [4.69, 9.17) is 0 Å². The molecule has 0 bridgehead atoms. The molecule has 3 rings (SSSR count). The van der Waals surface area contributed by atoms with Gasteiger partial charge >= 0.3 is 0 Å². The average Bonchev–Trinajstić information content (AvgIpc) is 2.83. The van der Waals surface area contributed by atoms with Gasteiger partial charge in [0, 0.05) is 37.6 Å². The van der Waals surface area contributed by atoms with Crippen molar-refractivity contribution in [3.05, 3.63) is 0 Å². The van der Waals surface area contributed by atoms with Crippen molar-refractivity contribution in [1.82, 2.24) is 15.5 Å². The lowest BCUT2D eigenvalue weighted by atomic mass is 10.0. The quantitative estimate of drug-likeness (QED) is 0.734. The van der Waals surface area contributed by atoms with Gasteiger partial charge in [-0.05, 0) is 38.6 Å². The van der Waals surface area contributed by atoms with E-state index in [0.717, 1.165) is 25.4 Å². The summed E-state index contributed by atoms with van der Waals surface area (Å²) in [5.74, 6) is 0.223. The summed E-state index contributed by atoms with van der Waals surface area (Å²) >= 11 is 0. The second kappa shape index (κ2) is 4.94. The maximum absolute atomic E-state index is 11.5. The number of nitrogens with zero attached hydrogens (tertiary/aromatic N) is 1. The van der Waals surface area contributed by atoms with Crippen LogP contribution >= 0.6 is 0 Å². The highest BCUT2D eigenvalue weighted by atomic mass is 16.1. The summed E-state index contributed by atoms with van der Waals surface area (Å²) in [6.45, 7) is 3.40. The minimum absolute atomic E-state index is 0.223. The number of hydrogen-bond acceptors (Lipinski definition) is 3. The normalized spacial score (nSPS) is 38.8. The number of fused-ring (bicyclic) bond motifs is 1. The molecule has 3 atom stereocenters. The number of carbonyl (C=O) groups is 1. The van der Waals surface area contributed by atoms with Gasteiger partial charge in [0.1, 0.15) is 0 Å². The van der Waals surface area contributed by atoms with E-state index in [2.05, 4.69) is 15.5 Å². The first-order chi connectivity index (χ1) is 8.33. The van der Waals surface area contributed by atoms with Crippen LogP contribution in [0.1, 0.15) is 38.5 Å². The molecular weight excluding hydrogens is 214 g/mol. The SMILES string of the molecule is O=C1CC(NC2CCN3CCCC23)CCCN1. The minimum atomic E-state index is 0.223. The second-order valence-corrected chi connectivity index (χ2v) is 5.70. The molecule has 3 saturated heterocycles. The number of rotatable bonds is 2. The van der Waals surface area contributed by atoms with Gasteiger partial charge in [-0.2, -0.15) is 0 Å². The fourth-order valence-electron chi connectivity index (χ4n) is 3.70. The molecule has 4 nitrogen and oxygen atoms in total. The van der Waals surface area contributed by atoms with Gasteiger partial charge < -0.3 is 10.6 Å². The smallest absolute Gasteiger partial charge is 0.221 e. The van der Waals surface area contributed by atoms with Gasteiger partial charge in [0.25, 0.3) is 0 Å². The third kappa shape index (κ3) is 2.47. The number of amides is 1. The van der Waals surface area contributed by atoms with Crippen LogP contribution in [0.4, 0.5) is 0 Å². The van der Waals surface area contributed by atoms with E-state index in [9.17, 15) is 4.79 Å². The Bertz CT molecular complexity index is 294. The van der Waals surface area contributed by atoms with E-state index in [1.807, 2.05) is 0 Å². The predicted octanol–water partition coefficient (Wildman–Crippen LogP) is 0.481. The van der Waals surface area contributed by atoms with Crippen molar-refractivity contribution in [2.24, 2.45) is 0 Å². The summed E-state index contributed by atoms with van der Waals surface area (Å²) in [7, 11) is 0. The molecule has 3 aliphatic rings. The van der Waals surface area contributed by atoms with Crippen molar-refractivity contribution in [2.75, 3.05) is 19.6 Å². The molecule has 0 aromatic rings. The summed E-state index contributed by atoms with van der Waals surface area (Å²) in [5, 5.41) is 6.71. The molecule has 4 heteroatoms. The van der Waals surface area contributed by atoms with Crippen molar-refractivity contribution in [1.29, 1.82) is 0 Å². The maximum Gasteiger partial charge on any atom is 0.221 e. The van der Waals surface area contributed by atoms with Crippen molar-refractivity contribution >= 4 is 5.91 Å². The van der Waals surface area contributed by atoms with E-state index >= 15 is 0 Å². The lowest BCUT2D eigenvalue weighted by molar-refractivity contribution is -0.121. The number of hydrogen-bond donors (Lipinski definition) is 2. The molecule has 3 heterocycles. The fourth-order valence-corrected chi connectivity index (χ4v) is 3.70. The lowest BCUT2D eigenvalue weighted by Gasteiger charge is -2.26. The molecular formula is C13H23N3O. The third-order valence-corrected chi connectivity index (χ3v) is 4.54. The first kappa shape index (κ1) is 11.5. The van der Waals surface area contributed by atoms with Gasteiger partial charge in [0.2, 0.25) is 5.91 Å². The van der Waals surface area contributed by atoms with Gasteiger partial charge in [-0.25, -0.2) is 0 Å². The Kier molecular flexibility index (Phi) is 3.34. The summed E-state index contributed by atoms with van der Waals surface area (Å²) in [4.78, 5) is 14.2. The van der Waals surface area contributed by atoms with Crippen LogP contribution in [0, 0.1) is 0 Å². The van der Waals surface area contributed by atoms with Crippen LogP contribution in [0.3, 0.4) is 0 Å². The Labute approximate surface area is 103 Å². The highest BCUT2D eigenvalue weighted by Gasteiger charge is 2.38. The zero-order valence-corrected chi connectivity index (χ0v) is 10.5. The van der Waals surface area contributed by atoms with Crippen LogP contribution < -0.4 is 10.6 Å². The monoisotopic (exact) mass is 237 g/mol. The highest BCUT2D eigenvalue weighted by Crippen LogP contribution is 2.28. The van der Waals surface area contributed by atoms with Crippen LogP contribution in [0.2, 0.25) is 0 Å². The molecule has 0 aromatic heterocycles. The van der Waals surface area contributed by atoms with Gasteiger partial charge in [-0.3, -0.25) is 9.69 Å². The Morgan fingerprint density at radius 1 is 1.18 bits per heavy atom. The van der Waals surface area contributed by atoms with Crippen molar-refractivity contribution in [3.63, 3.8) is 0 Å². The average molecular weight is 237 g/mol. The minimum Gasteiger partial charge on any atom is -0.356 e. The van der Waals surface area contributed by atoms with Crippen LogP contribution in [0.25, 0.3) is 0 Å². The molecule has 17 heavy (non-hydrogen) atoms. The summed E-state index contributed by atoms with van der Waals surface area (Å²) < 4.78 is 0. The standard InChI is InChI=1S/C13H23N3O/c17-13-9-10(3-1-6-14-13)15-11-5-8-16-7-2-4-12(11)16/h10-12,15H,1-9H2,(H,14,17). The molecule has 0 radical (unpaired) electrons. The molecule has 96 valence electrons. The topological polar surface area (TPSA) is 44.4 Å². The Morgan fingerprint density at radius 3 is 3.06 bits per heavy atom. The van der Waals surface area contributed by atoms with Crippen molar-refractivity contribution < 1.29 is 4.79 Å². The zero-order chi connectivity index (χ0) is 11.7. The molecule has 0 saturated carbocycles. The van der Waals surface area contributed by atoms with Gasteiger partial charge in [-0.1, -0.05) is 0 Å². The van der Waals surface area contributed by atoms with E-state index < -0.39 is 0 Å². The molecule has 0 aliphatic carbocycles. The lowest BCUT2D eigenvalue weighted by Crippen LogP contribution is -2.45. The Hall–Kier alpha value is -0.610. The molecule has 0 spiro atoms. The van der Waals surface area contributed by atoms with E-state index in [1.165, 1.54) is 32.4 Å². The largest absolute Gasteiger partial charge is 0.356 e. The van der Waals surface area contributed by atoms with E-state index in [0.29, 0.717) is 18.5 Å². The van der Waals surface area contributed by atoms with E-state index in [1.54, 1.807) is 0 Å². The first-order valence-corrected chi connectivity index (χ1v) is 7.10. The molecule has 0 aromatic carbocycles. The molecule has 3 aliphatic heterocycles.